The van der Waals surface area contributed by atoms with Gasteiger partial charge in [-0.05, 0) is 48.0 Å². The molecule has 1 amide bonds. The zero-order valence-electron chi connectivity index (χ0n) is 14.2. The summed E-state index contributed by atoms with van der Waals surface area (Å²) in [5, 5.41) is 14.9. The van der Waals surface area contributed by atoms with Crippen LogP contribution in [0.5, 0.6) is 5.75 Å². The largest absolute Gasteiger partial charge is 0.507 e. The Bertz CT molecular complexity index is 1040. The van der Waals surface area contributed by atoms with Crippen molar-refractivity contribution in [3.8, 4) is 5.75 Å². The molecule has 0 aliphatic heterocycles. The van der Waals surface area contributed by atoms with E-state index in [4.69, 9.17) is 27.9 Å². The van der Waals surface area contributed by atoms with Crippen molar-refractivity contribution in [2.75, 3.05) is 5.32 Å². The van der Waals surface area contributed by atoms with E-state index in [1.54, 1.807) is 12.1 Å². The molecule has 0 saturated carbocycles. The second-order valence-electron chi connectivity index (χ2n) is 5.88. The number of hydrogen-bond donors (Lipinski definition) is 2. The number of esters is 1. The number of fused-ring (bicyclic) bond motifs is 1. The minimum atomic E-state index is -1.10. The van der Waals surface area contributed by atoms with Gasteiger partial charge in [0.25, 0.3) is 5.91 Å². The molecule has 0 aliphatic carbocycles. The number of phenolic OH excluding ortho intramolecular Hbond substituents is 1. The molecule has 0 unspecified atom stereocenters. The maximum atomic E-state index is 12.4. The van der Waals surface area contributed by atoms with E-state index in [2.05, 4.69) is 5.32 Å². The summed E-state index contributed by atoms with van der Waals surface area (Å²) in [5.41, 5.74) is 0.334. The zero-order chi connectivity index (χ0) is 19.6. The van der Waals surface area contributed by atoms with Crippen molar-refractivity contribution in [1.82, 2.24) is 0 Å². The molecule has 7 heteroatoms. The van der Waals surface area contributed by atoms with Gasteiger partial charge in [0.2, 0.25) is 0 Å². The molecule has 0 bridgehead atoms. The van der Waals surface area contributed by atoms with Gasteiger partial charge in [-0.1, -0.05) is 47.5 Å². The van der Waals surface area contributed by atoms with Crippen LogP contribution >= 0.6 is 23.2 Å². The first-order valence-corrected chi connectivity index (χ1v) is 8.79. The lowest BCUT2D eigenvalue weighted by atomic mass is 10.1. The third-order valence-corrected chi connectivity index (χ3v) is 4.47. The van der Waals surface area contributed by atoms with Crippen molar-refractivity contribution in [2.24, 2.45) is 0 Å². The Morgan fingerprint density at radius 2 is 1.70 bits per heavy atom. The van der Waals surface area contributed by atoms with Crippen LogP contribution in [0.15, 0.2) is 54.6 Å². The number of benzene rings is 3. The highest BCUT2D eigenvalue weighted by Crippen LogP contribution is 2.27. The summed E-state index contributed by atoms with van der Waals surface area (Å²) in [7, 11) is 0. The maximum Gasteiger partial charge on any atom is 0.342 e. The van der Waals surface area contributed by atoms with Crippen LogP contribution in [0.4, 0.5) is 5.69 Å². The Balaban J connectivity index is 1.73. The lowest BCUT2D eigenvalue weighted by molar-refractivity contribution is -0.123. The van der Waals surface area contributed by atoms with Gasteiger partial charge >= 0.3 is 5.97 Å². The van der Waals surface area contributed by atoms with Crippen molar-refractivity contribution < 1.29 is 19.4 Å². The van der Waals surface area contributed by atoms with Gasteiger partial charge in [0.05, 0.1) is 10.7 Å². The number of anilines is 1. The van der Waals surface area contributed by atoms with E-state index in [1.807, 2.05) is 24.3 Å². The Hall–Kier alpha value is -2.76. The van der Waals surface area contributed by atoms with Crippen LogP contribution in [-0.4, -0.2) is 23.1 Å². The number of carbonyl (C=O) groups excluding carboxylic acids is 2. The molecular formula is C20H15Cl2NO4. The molecule has 3 aromatic rings. The number of nitrogens with one attached hydrogen (secondary N) is 1. The minimum Gasteiger partial charge on any atom is -0.507 e. The fourth-order valence-corrected chi connectivity index (χ4v) is 2.95. The summed E-state index contributed by atoms with van der Waals surface area (Å²) in [6, 6.07) is 14.9. The third kappa shape index (κ3) is 4.32. The molecule has 0 heterocycles. The molecule has 0 aromatic heterocycles. The normalized spacial score (nSPS) is 11.8. The Kier molecular flexibility index (Phi) is 5.54. The van der Waals surface area contributed by atoms with Gasteiger partial charge < -0.3 is 15.2 Å². The summed E-state index contributed by atoms with van der Waals surface area (Å²) in [4.78, 5) is 24.7. The molecule has 0 aliphatic rings. The molecule has 3 aromatic carbocycles. The van der Waals surface area contributed by atoms with E-state index in [0.717, 1.165) is 10.8 Å². The smallest absolute Gasteiger partial charge is 0.342 e. The standard InChI is InChI=1S/C20H15Cl2NO4/c1-11(19(25)23-17-7-6-14(21)10-16(17)22)27-20(26)15-8-12-4-2-3-5-13(12)9-18(15)24/h2-11,24H,1H3,(H,23,25)/t11-/m1/s1. The number of halogens is 2. The Labute approximate surface area is 165 Å². The molecule has 0 fully saturated rings. The fourth-order valence-electron chi connectivity index (χ4n) is 2.49. The molecule has 0 spiro atoms. The van der Waals surface area contributed by atoms with Gasteiger partial charge in [0, 0.05) is 5.02 Å². The van der Waals surface area contributed by atoms with Crippen LogP contribution in [0.25, 0.3) is 10.8 Å². The first kappa shape index (κ1) is 19.0. The molecular weight excluding hydrogens is 389 g/mol. The third-order valence-electron chi connectivity index (χ3n) is 3.93. The summed E-state index contributed by atoms with van der Waals surface area (Å²) in [5.74, 6) is -1.58. The highest BCUT2D eigenvalue weighted by Gasteiger charge is 2.22. The van der Waals surface area contributed by atoms with Crippen molar-refractivity contribution in [1.29, 1.82) is 0 Å². The topological polar surface area (TPSA) is 75.6 Å². The van der Waals surface area contributed by atoms with Crippen molar-refractivity contribution in [2.45, 2.75) is 13.0 Å². The van der Waals surface area contributed by atoms with Crippen LogP contribution in [0, 0.1) is 0 Å². The number of phenols is 1. The van der Waals surface area contributed by atoms with Gasteiger partial charge in [-0.25, -0.2) is 4.79 Å². The fraction of sp³-hybridized carbons (Fsp3) is 0.100. The number of aromatic hydroxyl groups is 1. The SMILES string of the molecule is C[C@@H](OC(=O)c1cc2ccccc2cc1O)C(=O)Nc1ccc(Cl)cc1Cl. The average molecular weight is 404 g/mol. The van der Waals surface area contributed by atoms with Gasteiger partial charge in [0.15, 0.2) is 6.10 Å². The molecule has 5 nitrogen and oxygen atoms in total. The molecule has 0 radical (unpaired) electrons. The predicted molar refractivity (Wildman–Crippen MR) is 106 cm³/mol. The molecule has 3 rings (SSSR count). The first-order chi connectivity index (χ1) is 12.8. The monoisotopic (exact) mass is 403 g/mol. The van der Waals surface area contributed by atoms with E-state index in [1.165, 1.54) is 25.1 Å². The highest BCUT2D eigenvalue weighted by molar-refractivity contribution is 6.36. The number of ether oxygens (including phenoxy) is 1. The van der Waals surface area contributed by atoms with Crippen LogP contribution in [0.2, 0.25) is 10.0 Å². The summed E-state index contributed by atoms with van der Waals surface area (Å²) in [6.07, 6.45) is -1.10. The van der Waals surface area contributed by atoms with Crippen LogP contribution in [0.1, 0.15) is 17.3 Å². The highest BCUT2D eigenvalue weighted by atomic mass is 35.5. The minimum absolute atomic E-state index is 0.0159. The average Bonchev–Trinajstić information content (AvgIpc) is 2.63. The van der Waals surface area contributed by atoms with E-state index < -0.39 is 18.0 Å². The Morgan fingerprint density at radius 1 is 1.04 bits per heavy atom. The second kappa shape index (κ2) is 7.86. The lowest BCUT2D eigenvalue weighted by Gasteiger charge is -2.15. The van der Waals surface area contributed by atoms with E-state index in [-0.39, 0.29) is 16.3 Å². The van der Waals surface area contributed by atoms with Gasteiger partial charge in [-0.2, -0.15) is 0 Å². The molecule has 1 atom stereocenters. The van der Waals surface area contributed by atoms with E-state index in [9.17, 15) is 14.7 Å². The molecule has 0 saturated heterocycles. The second-order valence-corrected chi connectivity index (χ2v) is 6.72. The first-order valence-electron chi connectivity index (χ1n) is 8.04. The lowest BCUT2D eigenvalue weighted by Crippen LogP contribution is -2.30. The predicted octanol–water partition coefficient (Wildman–Crippen LogP) is 5.04. The number of rotatable bonds is 4. The Morgan fingerprint density at radius 3 is 2.37 bits per heavy atom. The van der Waals surface area contributed by atoms with Crippen molar-refractivity contribution in [3.63, 3.8) is 0 Å². The van der Waals surface area contributed by atoms with E-state index in [0.29, 0.717) is 10.7 Å². The number of carbonyl (C=O) groups is 2. The van der Waals surface area contributed by atoms with Crippen molar-refractivity contribution >= 4 is 51.5 Å². The van der Waals surface area contributed by atoms with Crippen LogP contribution < -0.4 is 5.32 Å². The van der Waals surface area contributed by atoms with E-state index >= 15 is 0 Å². The van der Waals surface area contributed by atoms with Gasteiger partial charge in [-0.3, -0.25) is 4.79 Å². The van der Waals surface area contributed by atoms with Crippen LogP contribution in [0.3, 0.4) is 0 Å². The van der Waals surface area contributed by atoms with Crippen molar-refractivity contribution in [3.05, 3.63) is 70.2 Å². The quantitative estimate of drug-likeness (QED) is 0.598. The zero-order valence-corrected chi connectivity index (χ0v) is 15.7. The summed E-state index contributed by atoms with van der Waals surface area (Å²) < 4.78 is 5.18. The van der Waals surface area contributed by atoms with Crippen LogP contribution in [-0.2, 0) is 9.53 Å². The summed E-state index contributed by atoms with van der Waals surface area (Å²) >= 11 is 11.8. The summed E-state index contributed by atoms with van der Waals surface area (Å²) in [6.45, 7) is 1.43. The molecule has 27 heavy (non-hydrogen) atoms. The molecule has 138 valence electrons. The maximum absolute atomic E-state index is 12.4. The molecule has 2 N–H and O–H groups in total. The number of amides is 1. The van der Waals surface area contributed by atoms with Gasteiger partial charge in [-0.15, -0.1) is 0 Å². The van der Waals surface area contributed by atoms with Gasteiger partial charge in [0.1, 0.15) is 11.3 Å². The number of hydrogen-bond acceptors (Lipinski definition) is 4.